The van der Waals surface area contributed by atoms with E-state index < -0.39 is 23.9 Å². The number of carboxylic acids is 1. The van der Waals surface area contributed by atoms with Crippen LogP contribution in [0.5, 0.6) is 5.75 Å². The van der Waals surface area contributed by atoms with E-state index in [0.29, 0.717) is 39.6 Å². The maximum Gasteiger partial charge on any atom is 0.323 e. The van der Waals surface area contributed by atoms with Crippen LogP contribution in [0.2, 0.25) is 0 Å². The molecule has 0 aliphatic rings. The zero-order valence-corrected chi connectivity index (χ0v) is 24.5. The van der Waals surface area contributed by atoms with Gasteiger partial charge in [0.15, 0.2) is 0 Å². The number of aromatic nitrogens is 1. The van der Waals surface area contributed by atoms with Crippen molar-refractivity contribution in [3.63, 3.8) is 0 Å². The molecule has 44 heavy (non-hydrogen) atoms. The summed E-state index contributed by atoms with van der Waals surface area (Å²) in [5, 5.41) is 17.7. The molecule has 4 amide bonds. The molecule has 0 radical (unpaired) electrons. The molecule has 0 saturated heterocycles. The fraction of sp³-hybridized carbons (Fsp3) is 0.182. The third-order valence-electron chi connectivity index (χ3n) is 6.87. The fourth-order valence-electron chi connectivity index (χ4n) is 4.42. The monoisotopic (exact) mass is 595 g/mol. The minimum absolute atomic E-state index is 0.0285. The Bertz CT molecular complexity index is 1640. The number of nitrogens with one attached hydrogen (secondary N) is 3. The molecule has 4 N–H and O–H groups in total. The van der Waals surface area contributed by atoms with Crippen LogP contribution in [0.4, 0.5) is 22.0 Å². The number of anilines is 3. The number of amides is 4. The van der Waals surface area contributed by atoms with E-state index in [9.17, 15) is 24.3 Å². The number of nitrogens with zero attached hydrogens (tertiary/aromatic N) is 2. The van der Waals surface area contributed by atoms with Gasteiger partial charge in [-0.05, 0) is 60.0 Å². The summed E-state index contributed by atoms with van der Waals surface area (Å²) in [6.07, 6.45) is 1.14. The standard InChI is InChI=1S/C33H33N5O6/c1-21-9-7-8-12-25(21)36-33(43)37-26-15-13-22(17-28(26)44-3)18-30(39)38(2)29-16-14-24(20-34-29)27(19-31(40)41)35-32(42)23-10-5-4-6-11-23/h4-17,20,27H,18-19H2,1-3H3,(H,35,42)(H,40,41)(H2,36,37,43). The van der Waals surface area contributed by atoms with Gasteiger partial charge in [-0.1, -0.05) is 48.5 Å². The highest BCUT2D eigenvalue weighted by Gasteiger charge is 2.21. The largest absolute Gasteiger partial charge is 0.495 e. The number of hydrogen-bond donors (Lipinski definition) is 4. The third-order valence-corrected chi connectivity index (χ3v) is 6.87. The molecule has 0 saturated carbocycles. The molecule has 0 bridgehead atoms. The third kappa shape index (κ3) is 8.19. The average molecular weight is 596 g/mol. The molecule has 0 aliphatic carbocycles. The maximum absolute atomic E-state index is 13.1. The van der Waals surface area contributed by atoms with E-state index in [4.69, 9.17) is 4.74 Å². The second kappa shape index (κ2) is 14.5. The summed E-state index contributed by atoms with van der Waals surface area (Å²) >= 11 is 0. The number of carboxylic acid groups (broad SMARTS) is 1. The molecule has 1 aromatic heterocycles. The molecule has 226 valence electrons. The van der Waals surface area contributed by atoms with Gasteiger partial charge in [-0.2, -0.15) is 0 Å². The van der Waals surface area contributed by atoms with E-state index in [-0.39, 0.29) is 18.7 Å². The molecule has 4 aromatic rings. The van der Waals surface area contributed by atoms with Gasteiger partial charge in [-0.15, -0.1) is 0 Å². The minimum Gasteiger partial charge on any atom is -0.495 e. The molecule has 0 spiro atoms. The number of methoxy groups -OCH3 is 1. The quantitative estimate of drug-likeness (QED) is 0.186. The van der Waals surface area contributed by atoms with Crippen molar-refractivity contribution in [3.8, 4) is 5.75 Å². The van der Waals surface area contributed by atoms with Gasteiger partial charge < -0.3 is 25.8 Å². The number of aliphatic carboxylic acids is 1. The van der Waals surface area contributed by atoms with Crippen molar-refractivity contribution < 1.29 is 29.0 Å². The first kappa shape index (κ1) is 31.2. The van der Waals surface area contributed by atoms with Gasteiger partial charge in [-0.25, -0.2) is 9.78 Å². The number of pyridine rings is 1. The Labute approximate surface area is 254 Å². The van der Waals surface area contributed by atoms with Gasteiger partial charge in [0.05, 0.1) is 31.7 Å². The van der Waals surface area contributed by atoms with Crippen LogP contribution < -0.4 is 25.6 Å². The van der Waals surface area contributed by atoms with Crippen molar-refractivity contribution >= 4 is 41.0 Å². The first-order valence-electron chi connectivity index (χ1n) is 13.8. The number of benzene rings is 3. The Balaban J connectivity index is 1.40. The summed E-state index contributed by atoms with van der Waals surface area (Å²) in [5.74, 6) is -1.01. The second-order valence-electron chi connectivity index (χ2n) is 10.00. The zero-order chi connectivity index (χ0) is 31.6. The molecule has 0 fully saturated rings. The smallest absolute Gasteiger partial charge is 0.323 e. The number of urea groups is 1. The Morgan fingerprint density at radius 2 is 1.61 bits per heavy atom. The van der Waals surface area contributed by atoms with E-state index in [1.54, 1.807) is 73.8 Å². The molecule has 1 unspecified atom stereocenters. The highest BCUT2D eigenvalue weighted by Crippen LogP contribution is 2.27. The van der Waals surface area contributed by atoms with E-state index in [0.717, 1.165) is 5.56 Å². The number of carbonyl (C=O) groups excluding carboxylic acids is 3. The van der Waals surface area contributed by atoms with Crippen LogP contribution in [0.15, 0.2) is 91.1 Å². The fourth-order valence-corrected chi connectivity index (χ4v) is 4.42. The molecular formula is C33H33N5O6. The highest BCUT2D eigenvalue weighted by atomic mass is 16.5. The van der Waals surface area contributed by atoms with Gasteiger partial charge in [0, 0.05) is 24.5 Å². The van der Waals surface area contributed by atoms with Crippen molar-refractivity contribution in [1.82, 2.24) is 10.3 Å². The lowest BCUT2D eigenvalue weighted by molar-refractivity contribution is -0.137. The van der Waals surface area contributed by atoms with Crippen molar-refractivity contribution in [2.45, 2.75) is 25.8 Å². The molecule has 3 aromatic carbocycles. The number of para-hydroxylation sites is 1. The molecule has 0 aliphatic heterocycles. The van der Waals surface area contributed by atoms with Crippen molar-refractivity contribution in [3.05, 3.63) is 113 Å². The van der Waals surface area contributed by atoms with Crippen LogP contribution in [0.1, 0.15) is 39.5 Å². The number of ether oxygens (including phenoxy) is 1. The first-order chi connectivity index (χ1) is 21.1. The van der Waals surface area contributed by atoms with E-state index >= 15 is 0 Å². The van der Waals surface area contributed by atoms with Crippen LogP contribution in [0.25, 0.3) is 0 Å². The summed E-state index contributed by atoms with van der Waals surface area (Å²) < 4.78 is 5.45. The van der Waals surface area contributed by atoms with Gasteiger partial charge in [0.1, 0.15) is 11.6 Å². The van der Waals surface area contributed by atoms with Gasteiger partial charge in [0.25, 0.3) is 5.91 Å². The second-order valence-corrected chi connectivity index (χ2v) is 10.00. The van der Waals surface area contributed by atoms with Crippen LogP contribution in [-0.2, 0) is 16.0 Å². The van der Waals surface area contributed by atoms with Gasteiger partial charge in [0.2, 0.25) is 5.91 Å². The van der Waals surface area contributed by atoms with Gasteiger partial charge in [-0.3, -0.25) is 19.3 Å². The van der Waals surface area contributed by atoms with Crippen LogP contribution in [0.3, 0.4) is 0 Å². The van der Waals surface area contributed by atoms with Crippen LogP contribution >= 0.6 is 0 Å². The number of carbonyl (C=O) groups is 4. The lowest BCUT2D eigenvalue weighted by atomic mass is 10.0. The highest BCUT2D eigenvalue weighted by molar-refractivity contribution is 6.01. The summed E-state index contributed by atoms with van der Waals surface area (Å²) in [5.41, 5.74) is 3.60. The molecule has 1 heterocycles. The summed E-state index contributed by atoms with van der Waals surface area (Å²) in [6.45, 7) is 1.89. The Morgan fingerprint density at radius 3 is 2.27 bits per heavy atom. The Kier molecular flexibility index (Phi) is 10.3. The SMILES string of the molecule is COc1cc(CC(=O)N(C)c2ccc(C(CC(=O)O)NC(=O)c3ccccc3)cn2)ccc1NC(=O)Nc1ccccc1C. The molecule has 1 atom stereocenters. The zero-order valence-electron chi connectivity index (χ0n) is 24.5. The van der Waals surface area contributed by atoms with E-state index in [1.165, 1.54) is 18.2 Å². The van der Waals surface area contributed by atoms with Crippen molar-refractivity contribution in [2.24, 2.45) is 0 Å². The van der Waals surface area contributed by atoms with Crippen molar-refractivity contribution in [2.75, 3.05) is 29.7 Å². The van der Waals surface area contributed by atoms with Crippen LogP contribution in [0, 0.1) is 6.92 Å². The minimum atomic E-state index is -1.08. The lowest BCUT2D eigenvalue weighted by Gasteiger charge is -2.20. The molecular weight excluding hydrogens is 562 g/mol. The van der Waals surface area contributed by atoms with E-state index in [1.807, 2.05) is 25.1 Å². The Morgan fingerprint density at radius 1 is 0.909 bits per heavy atom. The first-order valence-corrected chi connectivity index (χ1v) is 13.8. The predicted octanol–water partition coefficient (Wildman–Crippen LogP) is 5.19. The summed E-state index contributed by atoms with van der Waals surface area (Å²) in [7, 11) is 3.06. The Hall–Kier alpha value is -5.71. The van der Waals surface area contributed by atoms with Gasteiger partial charge >= 0.3 is 12.0 Å². The molecule has 11 nitrogen and oxygen atoms in total. The number of likely N-dealkylation sites (N-methyl/N-ethyl adjacent to an activating group) is 1. The number of aryl methyl sites for hydroxylation is 1. The molecule has 4 rings (SSSR count). The lowest BCUT2D eigenvalue weighted by Crippen LogP contribution is -2.31. The molecule has 11 heteroatoms. The summed E-state index contributed by atoms with van der Waals surface area (Å²) in [4.78, 5) is 55.5. The summed E-state index contributed by atoms with van der Waals surface area (Å²) in [6, 6.07) is 23.0. The normalized spacial score (nSPS) is 11.2. The predicted molar refractivity (Wildman–Crippen MR) is 167 cm³/mol. The number of hydrogen-bond acceptors (Lipinski definition) is 6. The topological polar surface area (TPSA) is 150 Å². The average Bonchev–Trinajstić information content (AvgIpc) is 3.02. The van der Waals surface area contributed by atoms with E-state index in [2.05, 4.69) is 20.9 Å². The van der Waals surface area contributed by atoms with Crippen LogP contribution in [-0.4, -0.2) is 48.1 Å². The van der Waals surface area contributed by atoms with Crippen molar-refractivity contribution in [1.29, 1.82) is 0 Å². The number of rotatable bonds is 11. The maximum atomic E-state index is 13.1.